The number of rotatable bonds is 7. The van der Waals surface area contributed by atoms with Gasteiger partial charge in [-0.15, -0.1) is 23.7 Å². The fourth-order valence-corrected chi connectivity index (χ4v) is 5.46. The van der Waals surface area contributed by atoms with Crippen LogP contribution in [-0.4, -0.2) is 47.9 Å². The predicted octanol–water partition coefficient (Wildman–Crippen LogP) is 5.75. The number of halogens is 1. The zero-order chi connectivity index (χ0) is 22.1. The first kappa shape index (κ1) is 24.1. The minimum absolute atomic E-state index is 0. The second kappa shape index (κ2) is 9.91. The van der Waals surface area contributed by atoms with Crippen molar-refractivity contribution in [2.75, 3.05) is 32.1 Å². The molecule has 2 heterocycles. The fourth-order valence-electron chi connectivity index (χ4n) is 3.40. The standard InChI is InChI=1S/C22H22N4O3S2.ClH/c1-14-6-4-7-18-20(14)23-22(31-18)25(11-5-10-24(2)3)21(27)19-13-15-12-16(26(28)29)8-9-17(15)30-19;/h4,6-9,12-13H,5,10-11H2,1-3H3;1H. The maximum Gasteiger partial charge on any atom is 0.270 e. The molecule has 4 aromatic rings. The average molecular weight is 491 g/mol. The zero-order valence-electron chi connectivity index (χ0n) is 17.9. The average Bonchev–Trinajstić information content (AvgIpc) is 3.34. The number of nitrogens with zero attached hydrogens (tertiary/aromatic N) is 4. The number of thiophene rings is 1. The van der Waals surface area contributed by atoms with Gasteiger partial charge in [0.1, 0.15) is 0 Å². The molecule has 0 atom stereocenters. The molecule has 0 bridgehead atoms. The third-order valence-electron chi connectivity index (χ3n) is 4.99. The van der Waals surface area contributed by atoms with Crippen LogP contribution in [0.15, 0.2) is 42.5 Å². The van der Waals surface area contributed by atoms with E-state index in [1.165, 1.54) is 34.8 Å². The summed E-state index contributed by atoms with van der Waals surface area (Å²) in [6.45, 7) is 3.42. The van der Waals surface area contributed by atoms with E-state index in [0.29, 0.717) is 21.9 Å². The molecule has 0 aliphatic carbocycles. The van der Waals surface area contributed by atoms with E-state index in [4.69, 9.17) is 4.98 Å². The molecular weight excluding hydrogens is 468 g/mol. The summed E-state index contributed by atoms with van der Waals surface area (Å²) in [5.74, 6) is -0.126. The number of benzene rings is 2. The number of amides is 1. The Balaban J connectivity index is 0.00000289. The number of carbonyl (C=O) groups is 1. The van der Waals surface area contributed by atoms with E-state index >= 15 is 0 Å². The molecule has 1 amide bonds. The number of hydrogen-bond donors (Lipinski definition) is 0. The summed E-state index contributed by atoms with van der Waals surface area (Å²) in [6.07, 6.45) is 0.810. The largest absolute Gasteiger partial charge is 0.309 e. The molecule has 2 aromatic carbocycles. The van der Waals surface area contributed by atoms with Crippen LogP contribution in [0.2, 0.25) is 0 Å². The maximum atomic E-state index is 13.5. The van der Waals surface area contributed by atoms with Crippen molar-refractivity contribution in [2.45, 2.75) is 13.3 Å². The Kier molecular flexibility index (Phi) is 7.45. The number of carbonyl (C=O) groups excluding carboxylic acids is 1. The summed E-state index contributed by atoms with van der Waals surface area (Å²) in [7, 11) is 4.01. The lowest BCUT2D eigenvalue weighted by Crippen LogP contribution is -2.32. The van der Waals surface area contributed by atoms with Crippen LogP contribution in [0, 0.1) is 17.0 Å². The summed E-state index contributed by atoms with van der Waals surface area (Å²) in [5.41, 5.74) is 2.02. The number of non-ortho nitro benzene ring substituents is 1. The van der Waals surface area contributed by atoms with Crippen molar-refractivity contribution >= 4 is 72.1 Å². The van der Waals surface area contributed by atoms with E-state index in [-0.39, 0.29) is 24.0 Å². The molecule has 0 saturated carbocycles. The Morgan fingerprint density at radius 3 is 2.56 bits per heavy atom. The van der Waals surface area contributed by atoms with Gasteiger partial charge in [-0.25, -0.2) is 4.98 Å². The van der Waals surface area contributed by atoms with E-state index in [9.17, 15) is 14.9 Å². The van der Waals surface area contributed by atoms with Gasteiger partial charge in [-0.05, 0) is 57.7 Å². The van der Waals surface area contributed by atoms with Gasteiger partial charge in [-0.2, -0.15) is 0 Å². The number of aryl methyl sites for hydroxylation is 1. The first-order valence-corrected chi connectivity index (χ1v) is 11.5. The second-order valence-electron chi connectivity index (χ2n) is 7.62. The van der Waals surface area contributed by atoms with Crippen molar-refractivity contribution < 1.29 is 9.72 Å². The SMILES string of the molecule is Cc1cccc2sc(N(CCCN(C)C)C(=O)c3cc4cc([N+](=O)[O-])ccc4s3)nc12.Cl. The van der Waals surface area contributed by atoms with E-state index < -0.39 is 4.92 Å². The third-order valence-corrected chi connectivity index (χ3v) is 7.14. The van der Waals surface area contributed by atoms with Crippen LogP contribution in [0.1, 0.15) is 21.7 Å². The minimum Gasteiger partial charge on any atom is -0.309 e. The molecule has 4 rings (SSSR count). The van der Waals surface area contributed by atoms with Gasteiger partial charge in [0, 0.05) is 28.8 Å². The number of nitro groups is 1. The van der Waals surface area contributed by atoms with Gasteiger partial charge in [0.15, 0.2) is 5.13 Å². The first-order valence-electron chi connectivity index (χ1n) is 9.84. The van der Waals surface area contributed by atoms with Crippen LogP contribution in [0.4, 0.5) is 10.8 Å². The number of hydrogen-bond acceptors (Lipinski definition) is 7. The number of thiazole rings is 1. The molecule has 0 spiro atoms. The van der Waals surface area contributed by atoms with Crippen molar-refractivity contribution in [1.82, 2.24) is 9.88 Å². The van der Waals surface area contributed by atoms with Crippen LogP contribution < -0.4 is 4.90 Å². The molecule has 7 nitrogen and oxygen atoms in total. The Morgan fingerprint density at radius 1 is 1.09 bits per heavy atom. The molecule has 0 N–H and O–H groups in total. The third kappa shape index (κ3) is 4.91. The summed E-state index contributed by atoms with van der Waals surface area (Å²) < 4.78 is 1.90. The van der Waals surface area contributed by atoms with Crippen LogP contribution in [0.25, 0.3) is 20.3 Å². The smallest absolute Gasteiger partial charge is 0.270 e. The lowest BCUT2D eigenvalue weighted by Gasteiger charge is -2.20. The number of anilines is 1. The number of nitro benzene ring substituents is 1. The minimum atomic E-state index is -0.421. The fraction of sp³-hybridized carbons (Fsp3) is 0.273. The van der Waals surface area contributed by atoms with E-state index in [2.05, 4.69) is 4.90 Å². The van der Waals surface area contributed by atoms with Crippen LogP contribution in [-0.2, 0) is 0 Å². The van der Waals surface area contributed by atoms with Crippen LogP contribution in [0.5, 0.6) is 0 Å². The molecule has 0 aliphatic heterocycles. The first-order chi connectivity index (χ1) is 14.8. The van der Waals surface area contributed by atoms with Crippen molar-refractivity contribution in [3.05, 3.63) is 63.0 Å². The second-order valence-corrected chi connectivity index (χ2v) is 9.71. The van der Waals surface area contributed by atoms with E-state index in [1.807, 2.05) is 39.2 Å². The molecule has 10 heteroatoms. The summed E-state index contributed by atoms with van der Waals surface area (Å²) >= 11 is 2.86. The predicted molar refractivity (Wildman–Crippen MR) is 135 cm³/mol. The number of para-hydroxylation sites is 1. The summed E-state index contributed by atoms with van der Waals surface area (Å²) in [5, 5.41) is 12.5. The number of aromatic nitrogens is 1. The highest BCUT2D eigenvalue weighted by Crippen LogP contribution is 2.34. The zero-order valence-corrected chi connectivity index (χ0v) is 20.4. The van der Waals surface area contributed by atoms with Crippen LogP contribution >= 0.6 is 35.1 Å². The van der Waals surface area contributed by atoms with E-state index in [1.54, 1.807) is 17.0 Å². The lowest BCUT2D eigenvalue weighted by atomic mass is 10.2. The van der Waals surface area contributed by atoms with Crippen molar-refractivity contribution in [2.24, 2.45) is 0 Å². The van der Waals surface area contributed by atoms with Gasteiger partial charge < -0.3 is 4.90 Å². The monoisotopic (exact) mass is 490 g/mol. The molecule has 0 radical (unpaired) electrons. The highest BCUT2D eigenvalue weighted by molar-refractivity contribution is 7.23. The van der Waals surface area contributed by atoms with Crippen molar-refractivity contribution in [3.63, 3.8) is 0 Å². The van der Waals surface area contributed by atoms with Gasteiger partial charge in [0.05, 0.1) is 20.0 Å². The lowest BCUT2D eigenvalue weighted by molar-refractivity contribution is -0.384. The summed E-state index contributed by atoms with van der Waals surface area (Å²) in [4.78, 5) is 33.3. The van der Waals surface area contributed by atoms with Crippen molar-refractivity contribution in [3.8, 4) is 0 Å². The Labute approximate surface area is 199 Å². The Hall–Kier alpha value is -2.59. The van der Waals surface area contributed by atoms with Gasteiger partial charge >= 0.3 is 0 Å². The molecule has 2 aromatic heterocycles. The normalized spacial score (nSPS) is 11.1. The maximum absolute atomic E-state index is 13.5. The highest BCUT2D eigenvalue weighted by Gasteiger charge is 2.23. The van der Waals surface area contributed by atoms with Gasteiger partial charge in [0.25, 0.3) is 11.6 Å². The molecular formula is C22H23ClN4O3S2. The van der Waals surface area contributed by atoms with Crippen molar-refractivity contribution in [1.29, 1.82) is 0 Å². The Morgan fingerprint density at radius 2 is 1.88 bits per heavy atom. The molecule has 168 valence electrons. The Bertz CT molecular complexity index is 1280. The topological polar surface area (TPSA) is 79.6 Å². The molecule has 0 aliphatic rings. The van der Waals surface area contributed by atoms with E-state index in [0.717, 1.165) is 33.4 Å². The van der Waals surface area contributed by atoms with Gasteiger partial charge in [0.2, 0.25) is 0 Å². The molecule has 0 saturated heterocycles. The quantitative estimate of drug-likeness (QED) is 0.243. The molecule has 0 unspecified atom stereocenters. The van der Waals surface area contributed by atoms with Gasteiger partial charge in [-0.3, -0.25) is 19.8 Å². The highest BCUT2D eigenvalue weighted by atomic mass is 35.5. The number of fused-ring (bicyclic) bond motifs is 2. The van der Waals surface area contributed by atoms with Gasteiger partial charge in [-0.1, -0.05) is 23.5 Å². The molecule has 32 heavy (non-hydrogen) atoms. The van der Waals surface area contributed by atoms with Crippen LogP contribution in [0.3, 0.4) is 0 Å². The summed E-state index contributed by atoms with van der Waals surface area (Å²) in [6, 6.07) is 12.5. The molecule has 0 fully saturated rings.